The Bertz CT molecular complexity index is 666. The van der Waals surface area contributed by atoms with Crippen molar-refractivity contribution in [2.75, 3.05) is 39.3 Å². The van der Waals surface area contributed by atoms with Crippen molar-refractivity contribution >= 4 is 23.6 Å². The van der Waals surface area contributed by atoms with Gasteiger partial charge in [0.1, 0.15) is 0 Å². The smallest absolute Gasteiger partial charge is 0.252 e. The molecule has 0 atom stereocenters. The van der Waals surface area contributed by atoms with Crippen LogP contribution in [0.15, 0.2) is 29.2 Å². The Hall–Kier alpha value is -1.53. The highest BCUT2D eigenvalue weighted by Gasteiger charge is 2.29. The van der Waals surface area contributed by atoms with Gasteiger partial charge in [-0.3, -0.25) is 14.5 Å². The van der Waals surface area contributed by atoms with E-state index in [9.17, 15) is 9.59 Å². The van der Waals surface area contributed by atoms with Crippen molar-refractivity contribution < 1.29 is 9.59 Å². The Balaban J connectivity index is 1.40. The van der Waals surface area contributed by atoms with Crippen LogP contribution in [0.25, 0.3) is 0 Å². The molecule has 1 N–H and O–H groups in total. The first-order valence-electron chi connectivity index (χ1n) is 10.6. The molecule has 1 saturated carbocycles. The molecular formula is C22H33N3O2S. The summed E-state index contributed by atoms with van der Waals surface area (Å²) < 4.78 is 0. The zero-order chi connectivity index (χ0) is 19.9. The Labute approximate surface area is 173 Å². The standard InChI is InChI=1S/C22H33N3O2S/c1-17(2)28-20-10-6-5-9-19(20)21(26)23-11-12-24-13-15-25(16-14-24)22(27)18-7-3-4-8-18/h5-6,9-10,17-18H,3-4,7-8,11-16H2,1-2H3,(H,23,26). The van der Waals surface area contributed by atoms with Crippen LogP contribution in [0.1, 0.15) is 49.9 Å². The first-order valence-corrected chi connectivity index (χ1v) is 11.5. The average Bonchev–Trinajstić information content (AvgIpc) is 3.22. The summed E-state index contributed by atoms with van der Waals surface area (Å²) in [4.78, 5) is 30.5. The number of hydrogen-bond acceptors (Lipinski definition) is 4. The molecule has 3 rings (SSSR count). The minimum Gasteiger partial charge on any atom is -0.351 e. The second-order valence-corrected chi connectivity index (χ2v) is 9.69. The molecule has 0 radical (unpaired) electrons. The normalized spacial score (nSPS) is 18.6. The van der Waals surface area contributed by atoms with Crippen LogP contribution in [0, 0.1) is 5.92 Å². The van der Waals surface area contributed by atoms with E-state index in [2.05, 4.69) is 24.1 Å². The van der Waals surface area contributed by atoms with Gasteiger partial charge in [0.15, 0.2) is 0 Å². The number of hydrogen-bond donors (Lipinski definition) is 1. The van der Waals surface area contributed by atoms with Crippen molar-refractivity contribution in [3.8, 4) is 0 Å². The van der Waals surface area contributed by atoms with Gasteiger partial charge < -0.3 is 10.2 Å². The molecule has 2 fully saturated rings. The van der Waals surface area contributed by atoms with E-state index < -0.39 is 0 Å². The lowest BCUT2D eigenvalue weighted by Gasteiger charge is -2.36. The van der Waals surface area contributed by atoms with Gasteiger partial charge in [-0.2, -0.15) is 0 Å². The monoisotopic (exact) mass is 403 g/mol. The van der Waals surface area contributed by atoms with Gasteiger partial charge in [-0.25, -0.2) is 0 Å². The summed E-state index contributed by atoms with van der Waals surface area (Å²) in [5.41, 5.74) is 0.758. The van der Waals surface area contributed by atoms with Gasteiger partial charge in [-0.15, -0.1) is 11.8 Å². The number of benzene rings is 1. The number of rotatable bonds is 7. The van der Waals surface area contributed by atoms with Crippen LogP contribution < -0.4 is 5.32 Å². The zero-order valence-corrected chi connectivity index (χ0v) is 18.0. The molecule has 0 spiro atoms. The quantitative estimate of drug-likeness (QED) is 0.710. The van der Waals surface area contributed by atoms with Crippen molar-refractivity contribution in [3.63, 3.8) is 0 Å². The Kier molecular flexibility index (Phi) is 7.80. The lowest BCUT2D eigenvalue weighted by molar-refractivity contribution is -0.137. The summed E-state index contributed by atoms with van der Waals surface area (Å²) in [6, 6.07) is 7.81. The molecule has 1 aromatic carbocycles. The van der Waals surface area contributed by atoms with Crippen LogP contribution >= 0.6 is 11.8 Å². The molecule has 5 nitrogen and oxygen atoms in total. The molecule has 6 heteroatoms. The van der Waals surface area contributed by atoms with Crippen LogP contribution in [0.3, 0.4) is 0 Å². The first-order chi connectivity index (χ1) is 13.5. The highest BCUT2D eigenvalue weighted by Crippen LogP contribution is 2.27. The number of carbonyl (C=O) groups excluding carboxylic acids is 2. The summed E-state index contributed by atoms with van der Waals surface area (Å²) in [5, 5.41) is 3.51. The van der Waals surface area contributed by atoms with E-state index in [4.69, 9.17) is 0 Å². The van der Waals surface area contributed by atoms with E-state index >= 15 is 0 Å². The third-order valence-corrected chi connectivity index (χ3v) is 6.68. The number of amides is 2. The van der Waals surface area contributed by atoms with Crippen molar-refractivity contribution in [1.29, 1.82) is 0 Å². The van der Waals surface area contributed by atoms with Gasteiger partial charge in [0.25, 0.3) is 5.91 Å². The highest BCUT2D eigenvalue weighted by molar-refractivity contribution is 8.00. The molecule has 0 unspecified atom stereocenters. The topological polar surface area (TPSA) is 52.7 Å². The van der Waals surface area contributed by atoms with Crippen molar-refractivity contribution in [1.82, 2.24) is 15.1 Å². The van der Waals surface area contributed by atoms with Crippen LogP contribution in [0.5, 0.6) is 0 Å². The third kappa shape index (κ3) is 5.74. The second kappa shape index (κ2) is 10.3. The largest absolute Gasteiger partial charge is 0.351 e. The van der Waals surface area contributed by atoms with Crippen LogP contribution in [0.4, 0.5) is 0 Å². The summed E-state index contributed by atoms with van der Waals surface area (Å²) in [6.45, 7) is 9.16. The number of piperazine rings is 1. The minimum absolute atomic E-state index is 0.00111. The van der Waals surface area contributed by atoms with E-state index in [0.717, 1.165) is 56.0 Å². The van der Waals surface area contributed by atoms with Crippen LogP contribution in [-0.4, -0.2) is 66.1 Å². The van der Waals surface area contributed by atoms with E-state index in [1.54, 1.807) is 11.8 Å². The average molecular weight is 404 g/mol. The summed E-state index contributed by atoms with van der Waals surface area (Å²) >= 11 is 1.72. The van der Waals surface area contributed by atoms with Gasteiger partial charge in [-0.05, 0) is 25.0 Å². The van der Waals surface area contributed by atoms with Crippen LogP contribution in [-0.2, 0) is 4.79 Å². The summed E-state index contributed by atoms with van der Waals surface area (Å²) in [6.07, 6.45) is 4.55. The predicted octanol–water partition coefficient (Wildman–Crippen LogP) is 3.25. The third-order valence-electron chi connectivity index (χ3n) is 5.60. The van der Waals surface area contributed by atoms with Crippen LogP contribution in [0.2, 0.25) is 0 Å². The Morgan fingerprint density at radius 2 is 1.79 bits per heavy atom. The highest BCUT2D eigenvalue weighted by atomic mass is 32.2. The molecule has 1 heterocycles. The summed E-state index contributed by atoms with van der Waals surface area (Å²) in [7, 11) is 0. The fourth-order valence-corrected chi connectivity index (χ4v) is 5.01. The van der Waals surface area contributed by atoms with E-state index in [1.807, 2.05) is 29.2 Å². The predicted molar refractivity (Wildman–Crippen MR) is 115 cm³/mol. The lowest BCUT2D eigenvalue weighted by Crippen LogP contribution is -2.51. The molecule has 1 saturated heterocycles. The van der Waals surface area contributed by atoms with Crippen molar-refractivity contribution in [3.05, 3.63) is 29.8 Å². The summed E-state index contributed by atoms with van der Waals surface area (Å²) in [5.74, 6) is 0.637. The minimum atomic E-state index is -0.00111. The maximum Gasteiger partial charge on any atom is 0.252 e. The zero-order valence-electron chi connectivity index (χ0n) is 17.2. The fourth-order valence-electron chi connectivity index (χ4n) is 4.06. The molecule has 0 aromatic heterocycles. The van der Waals surface area contributed by atoms with Gasteiger partial charge in [0.2, 0.25) is 5.91 Å². The van der Waals surface area contributed by atoms with Gasteiger partial charge in [0.05, 0.1) is 5.56 Å². The van der Waals surface area contributed by atoms with E-state index in [1.165, 1.54) is 12.8 Å². The number of nitrogens with zero attached hydrogens (tertiary/aromatic N) is 2. The fraction of sp³-hybridized carbons (Fsp3) is 0.636. The molecule has 28 heavy (non-hydrogen) atoms. The van der Waals surface area contributed by atoms with Gasteiger partial charge in [-0.1, -0.05) is 38.8 Å². The Morgan fingerprint density at radius 1 is 1.11 bits per heavy atom. The van der Waals surface area contributed by atoms with E-state index in [-0.39, 0.29) is 11.8 Å². The molecular weight excluding hydrogens is 370 g/mol. The lowest BCUT2D eigenvalue weighted by atomic mass is 10.1. The molecule has 1 aromatic rings. The number of nitrogens with one attached hydrogen (secondary N) is 1. The molecule has 1 aliphatic heterocycles. The van der Waals surface area contributed by atoms with Crippen molar-refractivity contribution in [2.24, 2.45) is 5.92 Å². The molecule has 2 amide bonds. The molecule has 2 aliphatic rings. The van der Waals surface area contributed by atoms with Gasteiger partial charge in [0, 0.05) is 55.3 Å². The van der Waals surface area contributed by atoms with Crippen molar-refractivity contribution in [2.45, 2.75) is 49.7 Å². The SMILES string of the molecule is CC(C)Sc1ccccc1C(=O)NCCN1CCN(C(=O)C2CCCC2)CC1. The Morgan fingerprint density at radius 3 is 2.46 bits per heavy atom. The molecule has 1 aliphatic carbocycles. The number of carbonyl (C=O) groups is 2. The second-order valence-electron chi connectivity index (χ2n) is 8.07. The van der Waals surface area contributed by atoms with E-state index in [0.29, 0.717) is 17.7 Å². The maximum atomic E-state index is 12.6. The number of thioether (sulfide) groups is 1. The maximum absolute atomic E-state index is 12.6. The molecule has 0 bridgehead atoms. The first kappa shape index (κ1) is 21.2. The van der Waals surface area contributed by atoms with Gasteiger partial charge >= 0.3 is 0 Å². The molecule has 154 valence electrons.